The van der Waals surface area contributed by atoms with Crippen molar-refractivity contribution in [2.24, 2.45) is 0 Å². The summed E-state index contributed by atoms with van der Waals surface area (Å²) in [6.45, 7) is 7.76. The van der Waals surface area contributed by atoms with Crippen LogP contribution in [0.25, 0.3) is 11.4 Å². The second-order valence-electron chi connectivity index (χ2n) is 6.62. The quantitative estimate of drug-likeness (QED) is 0.372. The van der Waals surface area contributed by atoms with Crippen LogP contribution in [0.2, 0.25) is 5.02 Å². The standard InChI is InChI=1S/C21H22ClN5O3S/c1-4-9-27-20(15-8-10-30-14(15)3)25-26-21(27)31-12-19(29)23-11-18(28)24-17-7-5-6-16(22)13(17)2/h4-8,10H,1,9,11-12H2,2-3H3,(H,23,29)(H,24,28). The van der Waals surface area contributed by atoms with Crippen molar-refractivity contribution in [3.63, 3.8) is 0 Å². The van der Waals surface area contributed by atoms with Gasteiger partial charge in [-0.1, -0.05) is 35.5 Å². The van der Waals surface area contributed by atoms with Crippen molar-refractivity contribution in [2.75, 3.05) is 17.6 Å². The van der Waals surface area contributed by atoms with Gasteiger partial charge in [0.2, 0.25) is 11.8 Å². The highest BCUT2D eigenvalue weighted by atomic mass is 35.5. The molecule has 1 aromatic carbocycles. The maximum Gasteiger partial charge on any atom is 0.243 e. The van der Waals surface area contributed by atoms with Crippen molar-refractivity contribution in [3.8, 4) is 11.4 Å². The molecule has 0 aliphatic rings. The van der Waals surface area contributed by atoms with Gasteiger partial charge >= 0.3 is 0 Å². The van der Waals surface area contributed by atoms with Crippen molar-refractivity contribution in [1.29, 1.82) is 0 Å². The van der Waals surface area contributed by atoms with Crippen LogP contribution in [-0.2, 0) is 16.1 Å². The number of amides is 2. The molecule has 0 aliphatic carbocycles. The van der Waals surface area contributed by atoms with Crippen LogP contribution in [0.1, 0.15) is 11.3 Å². The molecule has 0 saturated carbocycles. The first kappa shape index (κ1) is 22.6. The fourth-order valence-corrected chi connectivity index (χ4v) is 3.75. The van der Waals surface area contributed by atoms with E-state index in [9.17, 15) is 9.59 Å². The van der Waals surface area contributed by atoms with E-state index in [0.29, 0.717) is 28.2 Å². The number of carbonyl (C=O) groups excluding carboxylic acids is 2. The number of benzene rings is 1. The molecule has 2 heterocycles. The Bertz CT molecular complexity index is 1110. The Morgan fingerprint density at radius 3 is 2.77 bits per heavy atom. The average molecular weight is 460 g/mol. The number of aromatic nitrogens is 3. The lowest BCUT2D eigenvalue weighted by Crippen LogP contribution is -2.34. The van der Waals surface area contributed by atoms with Crippen molar-refractivity contribution in [1.82, 2.24) is 20.1 Å². The lowest BCUT2D eigenvalue weighted by atomic mass is 10.2. The summed E-state index contributed by atoms with van der Waals surface area (Å²) in [6.07, 6.45) is 3.32. The highest BCUT2D eigenvalue weighted by molar-refractivity contribution is 7.99. The van der Waals surface area contributed by atoms with Crippen molar-refractivity contribution in [2.45, 2.75) is 25.5 Å². The van der Waals surface area contributed by atoms with Crippen LogP contribution in [0.4, 0.5) is 5.69 Å². The Morgan fingerprint density at radius 1 is 1.26 bits per heavy atom. The van der Waals surface area contributed by atoms with E-state index in [2.05, 4.69) is 27.4 Å². The first-order chi connectivity index (χ1) is 14.9. The molecule has 0 saturated heterocycles. The molecular weight excluding hydrogens is 438 g/mol. The average Bonchev–Trinajstić information content (AvgIpc) is 3.34. The molecule has 2 N–H and O–H groups in total. The van der Waals surface area contributed by atoms with Crippen LogP contribution in [0, 0.1) is 13.8 Å². The summed E-state index contributed by atoms with van der Waals surface area (Å²) >= 11 is 7.28. The molecule has 10 heteroatoms. The summed E-state index contributed by atoms with van der Waals surface area (Å²) in [5.74, 6) is 0.829. The fourth-order valence-electron chi connectivity index (χ4n) is 2.80. The van der Waals surface area contributed by atoms with Gasteiger partial charge in [-0.15, -0.1) is 16.8 Å². The molecule has 0 unspecified atom stereocenters. The largest absolute Gasteiger partial charge is 0.469 e. The van der Waals surface area contributed by atoms with Gasteiger partial charge in [0.25, 0.3) is 0 Å². The molecule has 0 radical (unpaired) electrons. The molecule has 162 valence electrons. The second-order valence-corrected chi connectivity index (χ2v) is 7.97. The van der Waals surface area contributed by atoms with Gasteiger partial charge in [0.1, 0.15) is 5.76 Å². The zero-order chi connectivity index (χ0) is 22.4. The zero-order valence-corrected chi connectivity index (χ0v) is 18.7. The Kier molecular flexibility index (Phi) is 7.54. The molecule has 0 fully saturated rings. The van der Waals surface area contributed by atoms with Crippen molar-refractivity contribution >= 4 is 40.9 Å². The van der Waals surface area contributed by atoms with Crippen LogP contribution in [0.5, 0.6) is 0 Å². The monoisotopic (exact) mass is 459 g/mol. The van der Waals surface area contributed by atoms with E-state index in [1.807, 2.05) is 24.5 Å². The molecule has 2 aromatic heterocycles. The predicted molar refractivity (Wildman–Crippen MR) is 121 cm³/mol. The predicted octanol–water partition coefficient (Wildman–Crippen LogP) is 3.84. The number of allylic oxidation sites excluding steroid dienone is 1. The van der Waals surface area contributed by atoms with Crippen LogP contribution >= 0.6 is 23.4 Å². The third kappa shape index (κ3) is 5.56. The minimum atomic E-state index is -0.337. The van der Waals surface area contributed by atoms with Gasteiger partial charge in [-0.2, -0.15) is 0 Å². The van der Waals surface area contributed by atoms with E-state index in [0.717, 1.165) is 16.9 Å². The van der Waals surface area contributed by atoms with Crippen LogP contribution < -0.4 is 10.6 Å². The van der Waals surface area contributed by atoms with Gasteiger partial charge in [-0.05, 0) is 37.6 Å². The first-order valence-corrected chi connectivity index (χ1v) is 10.8. The Hall–Kier alpha value is -3.04. The number of aryl methyl sites for hydroxylation is 1. The number of nitrogens with one attached hydrogen (secondary N) is 2. The molecule has 8 nitrogen and oxygen atoms in total. The summed E-state index contributed by atoms with van der Waals surface area (Å²) in [4.78, 5) is 24.4. The minimum Gasteiger partial charge on any atom is -0.469 e. The van der Waals surface area contributed by atoms with E-state index in [1.54, 1.807) is 30.5 Å². The number of thioether (sulfide) groups is 1. The van der Waals surface area contributed by atoms with E-state index in [-0.39, 0.29) is 24.1 Å². The van der Waals surface area contributed by atoms with Crippen molar-refractivity contribution in [3.05, 3.63) is 59.5 Å². The Morgan fingerprint density at radius 2 is 2.06 bits per heavy atom. The van der Waals surface area contributed by atoms with Gasteiger partial charge in [0.15, 0.2) is 11.0 Å². The van der Waals surface area contributed by atoms with Gasteiger partial charge in [-0.25, -0.2) is 0 Å². The third-order valence-electron chi connectivity index (χ3n) is 4.45. The summed E-state index contributed by atoms with van der Waals surface area (Å²) in [5, 5.41) is 14.9. The molecule has 2 amide bonds. The topological polar surface area (TPSA) is 102 Å². The smallest absolute Gasteiger partial charge is 0.243 e. The van der Waals surface area contributed by atoms with Crippen LogP contribution in [-0.4, -0.2) is 38.9 Å². The van der Waals surface area contributed by atoms with E-state index < -0.39 is 0 Å². The molecule has 0 spiro atoms. The maximum absolute atomic E-state index is 12.2. The molecule has 0 bridgehead atoms. The molecule has 3 rings (SSSR count). The van der Waals surface area contributed by atoms with E-state index >= 15 is 0 Å². The normalized spacial score (nSPS) is 10.7. The molecular formula is C21H22ClN5O3S. The fraction of sp³-hybridized carbons (Fsp3) is 0.238. The lowest BCUT2D eigenvalue weighted by Gasteiger charge is -2.10. The minimum absolute atomic E-state index is 0.0864. The molecule has 31 heavy (non-hydrogen) atoms. The highest BCUT2D eigenvalue weighted by Crippen LogP contribution is 2.27. The SMILES string of the molecule is C=CCn1c(SCC(=O)NCC(=O)Nc2cccc(Cl)c2C)nnc1-c1ccoc1C. The number of furan rings is 1. The Balaban J connectivity index is 1.55. The number of hydrogen-bond donors (Lipinski definition) is 2. The molecule has 0 atom stereocenters. The number of nitrogens with zero attached hydrogens (tertiary/aromatic N) is 3. The van der Waals surface area contributed by atoms with E-state index in [4.69, 9.17) is 16.0 Å². The number of carbonyl (C=O) groups is 2. The van der Waals surface area contributed by atoms with Gasteiger partial charge in [0.05, 0.1) is 24.1 Å². The summed E-state index contributed by atoms with van der Waals surface area (Å²) in [7, 11) is 0. The maximum atomic E-state index is 12.2. The molecule has 0 aliphatic heterocycles. The number of anilines is 1. The van der Waals surface area contributed by atoms with Crippen LogP contribution in [0.3, 0.4) is 0 Å². The number of rotatable bonds is 9. The summed E-state index contributed by atoms with van der Waals surface area (Å²) < 4.78 is 7.21. The highest BCUT2D eigenvalue weighted by Gasteiger charge is 2.18. The van der Waals surface area contributed by atoms with Gasteiger partial charge in [-0.3, -0.25) is 14.2 Å². The zero-order valence-electron chi connectivity index (χ0n) is 17.1. The lowest BCUT2D eigenvalue weighted by molar-refractivity contribution is -0.122. The van der Waals surface area contributed by atoms with Crippen LogP contribution in [0.15, 0.2) is 52.8 Å². The number of hydrogen-bond acceptors (Lipinski definition) is 6. The summed E-state index contributed by atoms with van der Waals surface area (Å²) in [6, 6.07) is 7.07. The van der Waals surface area contributed by atoms with Gasteiger partial charge < -0.3 is 15.1 Å². The number of halogens is 1. The molecule has 3 aromatic rings. The third-order valence-corrected chi connectivity index (χ3v) is 5.82. The van der Waals surface area contributed by atoms with Gasteiger partial charge in [0, 0.05) is 17.3 Å². The Labute approximate surface area is 189 Å². The van der Waals surface area contributed by atoms with Crippen molar-refractivity contribution < 1.29 is 14.0 Å². The van der Waals surface area contributed by atoms with E-state index in [1.165, 1.54) is 11.8 Å². The summed E-state index contributed by atoms with van der Waals surface area (Å²) in [5.41, 5.74) is 2.21. The first-order valence-electron chi connectivity index (χ1n) is 9.43. The second kappa shape index (κ2) is 10.3.